The molecule has 6 rings (SSSR count). The Labute approximate surface area is 360 Å². The van der Waals surface area contributed by atoms with Crippen molar-refractivity contribution in [3.8, 4) is 11.1 Å². The van der Waals surface area contributed by atoms with Crippen molar-refractivity contribution in [1.29, 1.82) is 0 Å². The second-order valence-corrected chi connectivity index (χ2v) is 15.8. The average molecular weight is 883 g/mol. The summed E-state index contributed by atoms with van der Waals surface area (Å²) in [4.78, 5) is 46.8. The summed E-state index contributed by atoms with van der Waals surface area (Å²) in [5.74, 6) is -2.46. The average Bonchev–Trinajstić information content (AvgIpc) is 3.89. The maximum Gasteiger partial charge on any atom is 0.416 e. The molecule has 0 bridgehead atoms. The molecule has 0 saturated carbocycles. The molecule has 0 radical (unpaired) electrons. The summed E-state index contributed by atoms with van der Waals surface area (Å²) in [5, 5.41) is 33.1. The summed E-state index contributed by atoms with van der Waals surface area (Å²) in [6.45, 7) is 9.83. The molecule has 2 unspecified atom stereocenters. The molecule has 5 aromatic rings. The number of aliphatic carboxylic acids is 2. The molecule has 1 aliphatic carbocycles. The van der Waals surface area contributed by atoms with Crippen LogP contribution in [0.3, 0.4) is 0 Å². The minimum Gasteiger partial charge on any atom is -0.479 e. The fourth-order valence-corrected chi connectivity index (χ4v) is 7.91. The van der Waals surface area contributed by atoms with Crippen LogP contribution in [0.4, 0.5) is 17.6 Å². The lowest BCUT2D eigenvalue weighted by molar-refractivity contribution is -0.165. The van der Waals surface area contributed by atoms with Crippen LogP contribution in [-0.4, -0.2) is 107 Å². The number of carboxylic acids is 2. The van der Waals surface area contributed by atoms with Crippen molar-refractivity contribution >= 4 is 23.7 Å². The van der Waals surface area contributed by atoms with Crippen LogP contribution in [-0.2, 0) is 54.0 Å². The van der Waals surface area contributed by atoms with Crippen molar-refractivity contribution in [2.75, 3.05) is 33.2 Å². The SMILES string of the molecule is CCN(CC)CCN(C)Cc1cnc(Cn2c(SCc3ccc(F)cc3)nc(=O)c3c2CCC3)n1Cc1ccc(-c2ccc(C(F)(F)F)cc2)cc1.O=C(O)C(O)C(O)C(=O)O. The van der Waals surface area contributed by atoms with E-state index in [1.165, 1.54) is 36.0 Å². The monoisotopic (exact) mass is 882 g/mol. The Hall–Kier alpha value is -5.40. The summed E-state index contributed by atoms with van der Waals surface area (Å²) in [6, 6.07) is 19.5. The number of imidazole rings is 1. The molecule has 1 aliphatic rings. The number of carboxylic acid groups (broad SMARTS) is 2. The highest BCUT2D eigenvalue weighted by molar-refractivity contribution is 7.98. The minimum atomic E-state index is -4.38. The second-order valence-electron chi connectivity index (χ2n) is 14.8. The predicted molar refractivity (Wildman–Crippen MR) is 225 cm³/mol. The van der Waals surface area contributed by atoms with Gasteiger partial charge in [0.15, 0.2) is 17.4 Å². The maximum absolute atomic E-state index is 13.6. The molecular formula is C44H50F4N6O7S. The number of hydrogen-bond donors (Lipinski definition) is 4. The van der Waals surface area contributed by atoms with E-state index in [4.69, 9.17) is 25.4 Å². The highest BCUT2D eigenvalue weighted by atomic mass is 32.2. The Bertz CT molecular complexity index is 2320. The molecule has 0 amide bonds. The molecule has 2 aromatic heterocycles. The Morgan fingerprint density at radius 3 is 1.97 bits per heavy atom. The number of nitrogens with zero attached hydrogens (tertiary/aromatic N) is 6. The first-order valence-corrected chi connectivity index (χ1v) is 21.0. The molecule has 13 nitrogen and oxygen atoms in total. The fraction of sp³-hybridized carbons (Fsp3) is 0.386. The molecule has 4 N–H and O–H groups in total. The number of thioether (sulfide) groups is 1. The predicted octanol–water partition coefficient (Wildman–Crippen LogP) is 5.79. The normalized spacial score (nSPS) is 13.5. The van der Waals surface area contributed by atoms with Gasteiger partial charge in [0.25, 0.3) is 5.56 Å². The summed E-state index contributed by atoms with van der Waals surface area (Å²) in [7, 11) is 2.11. The van der Waals surface area contributed by atoms with Crippen LogP contribution in [0.1, 0.15) is 59.7 Å². The summed E-state index contributed by atoms with van der Waals surface area (Å²) in [5.41, 5.74) is 5.46. The zero-order chi connectivity index (χ0) is 45.1. The third-order valence-electron chi connectivity index (χ3n) is 10.6. The molecule has 3 aromatic carbocycles. The number of hydrogen-bond acceptors (Lipinski definition) is 10. The summed E-state index contributed by atoms with van der Waals surface area (Å²) >= 11 is 1.46. The van der Waals surface area contributed by atoms with Gasteiger partial charge in [0.05, 0.1) is 17.8 Å². The van der Waals surface area contributed by atoms with E-state index in [-0.39, 0.29) is 11.4 Å². The van der Waals surface area contributed by atoms with Crippen molar-refractivity contribution in [3.63, 3.8) is 0 Å². The number of rotatable bonds is 18. The molecule has 2 atom stereocenters. The molecular weight excluding hydrogens is 833 g/mol. The Balaban J connectivity index is 0.000000646. The molecule has 0 aliphatic heterocycles. The highest BCUT2D eigenvalue weighted by Crippen LogP contribution is 2.32. The molecule has 18 heteroatoms. The van der Waals surface area contributed by atoms with Crippen LogP contribution in [0.15, 0.2) is 88.9 Å². The van der Waals surface area contributed by atoms with Crippen molar-refractivity contribution in [1.82, 2.24) is 28.9 Å². The number of aromatic nitrogens is 4. The van der Waals surface area contributed by atoms with Crippen LogP contribution >= 0.6 is 11.8 Å². The zero-order valence-corrected chi connectivity index (χ0v) is 35.4. The van der Waals surface area contributed by atoms with Crippen molar-refractivity contribution in [3.05, 3.63) is 135 Å². The lowest BCUT2D eigenvalue weighted by atomic mass is 10.0. The molecule has 0 fully saturated rings. The van der Waals surface area contributed by atoms with Gasteiger partial charge in [0, 0.05) is 49.4 Å². The van der Waals surface area contributed by atoms with Crippen molar-refractivity contribution in [2.45, 2.75) is 82.0 Å². The standard InChI is InChI=1S/C40H44F4N6OS.C4H6O6/c1-4-48(5-2)22-21-47(3)25-34-23-45-37(49(34)24-28-9-13-30(14-10-28)31-15-17-32(18-16-31)40(42,43)44)26-50-36-8-6-7-35(36)38(51)46-39(50)52-27-29-11-19-33(41)20-12-29;5-1(3(7)8)2(6)4(9)10/h9-20,23H,4-8,21-22,24-27H2,1-3H3;1-2,5-6H,(H,7,8)(H,9,10). The van der Waals surface area contributed by atoms with Crippen molar-refractivity contribution < 1.29 is 47.6 Å². The third kappa shape index (κ3) is 12.6. The van der Waals surface area contributed by atoms with Gasteiger partial charge in [0.1, 0.15) is 11.6 Å². The smallest absolute Gasteiger partial charge is 0.416 e. The van der Waals surface area contributed by atoms with Gasteiger partial charge in [-0.3, -0.25) is 9.69 Å². The largest absolute Gasteiger partial charge is 0.479 e. The first kappa shape index (κ1) is 47.6. The van der Waals surface area contributed by atoms with Gasteiger partial charge in [0.2, 0.25) is 0 Å². The topological polar surface area (TPSA) is 174 Å². The van der Waals surface area contributed by atoms with Gasteiger partial charge in [-0.05, 0) is 85.9 Å². The number of fused-ring (bicyclic) bond motifs is 1. The Morgan fingerprint density at radius 1 is 0.823 bits per heavy atom. The molecule has 332 valence electrons. The minimum absolute atomic E-state index is 0.183. The van der Waals surface area contributed by atoms with Crippen LogP contribution in [0.2, 0.25) is 0 Å². The van der Waals surface area contributed by atoms with E-state index in [0.29, 0.717) is 42.5 Å². The lowest BCUT2D eigenvalue weighted by Gasteiger charge is -2.24. The first-order chi connectivity index (χ1) is 29.5. The quantitative estimate of drug-likeness (QED) is 0.0475. The van der Waals surface area contributed by atoms with Crippen molar-refractivity contribution in [2.24, 2.45) is 0 Å². The van der Waals surface area contributed by atoms with Crippen LogP contribution in [0, 0.1) is 5.82 Å². The summed E-state index contributed by atoms with van der Waals surface area (Å²) in [6.07, 6.45) is -4.61. The number of halogens is 4. The van der Waals surface area contributed by atoms with E-state index in [9.17, 15) is 31.9 Å². The molecule has 0 saturated heterocycles. The Kier molecular flexibility index (Phi) is 16.6. The van der Waals surface area contributed by atoms with Crippen LogP contribution in [0.5, 0.6) is 0 Å². The number of benzene rings is 3. The maximum atomic E-state index is 13.6. The number of carbonyl (C=O) groups is 2. The van der Waals surface area contributed by atoms with Crippen LogP contribution in [0.25, 0.3) is 11.1 Å². The van der Waals surface area contributed by atoms with Crippen LogP contribution < -0.4 is 5.56 Å². The molecule has 2 heterocycles. The van der Waals surface area contributed by atoms with E-state index in [1.807, 2.05) is 30.5 Å². The molecule has 62 heavy (non-hydrogen) atoms. The fourth-order valence-electron chi connectivity index (χ4n) is 6.94. The van der Waals surface area contributed by atoms with Gasteiger partial charge in [-0.25, -0.2) is 19.0 Å². The van der Waals surface area contributed by atoms with E-state index in [0.717, 1.165) is 90.6 Å². The zero-order valence-electron chi connectivity index (χ0n) is 34.6. The van der Waals surface area contributed by atoms with Gasteiger partial charge < -0.3 is 34.5 Å². The van der Waals surface area contributed by atoms with Gasteiger partial charge in [-0.1, -0.05) is 74.1 Å². The van der Waals surface area contributed by atoms with E-state index < -0.39 is 35.9 Å². The number of alkyl halides is 3. The van der Waals surface area contributed by atoms with Gasteiger partial charge >= 0.3 is 18.1 Å². The number of aliphatic hydroxyl groups excluding tert-OH is 2. The number of aliphatic hydroxyl groups is 2. The van der Waals surface area contributed by atoms with E-state index in [1.54, 1.807) is 12.1 Å². The van der Waals surface area contributed by atoms with Gasteiger partial charge in [-0.2, -0.15) is 18.2 Å². The number of likely N-dealkylation sites (N-methyl/N-ethyl adjacent to an activating group) is 2. The Morgan fingerprint density at radius 2 is 1.40 bits per heavy atom. The molecule has 0 spiro atoms. The highest BCUT2D eigenvalue weighted by Gasteiger charge is 2.31. The van der Waals surface area contributed by atoms with E-state index >= 15 is 0 Å². The van der Waals surface area contributed by atoms with E-state index in [2.05, 4.69) is 44.8 Å². The first-order valence-electron chi connectivity index (χ1n) is 20.0. The van der Waals surface area contributed by atoms with Gasteiger partial charge in [-0.15, -0.1) is 0 Å². The lowest BCUT2D eigenvalue weighted by Crippen LogP contribution is -2.39. The second kappa shape index (κ2) is 21.6. The third-order valence-corrected chi connectivity index (χ3v) is 11.6. The summed E-state index contributed by atoms with van der Waals surface area (Å²) < 4.78 is 57.3.